The molecule has 0 saturated heterocycles. The summed E-state index contributed by atoms with van der Waals surface area (Å²) in [4.78, 5) is 13.0. The lowest BCUT2D eigenvalue weighted by Gasteiger charge is -2.12. The summed E-state index contributed by atoms with van der Waals surface area (Å²) in [6, 6.07) is 17.6. The summed E-state index contributed by atoms with van der Waals surface area (Å²) in [5, 5.41) is 4.95. The highest BCUT2D eigenvalue weighted by molar-refractivity contribution is 7.17. The highest BCUT2D eigenvalue weighted by atomic mass is 32.1. The number of amides is 1. The molecule has 0 bridgehead atoms. The number of nitrogens with zero attached hydrogens (tertiary/aromatic N) is 1. The Morgan fingerprint density at radius 1 is 1.14 bits per heavy atom. The second-order valence-electron chi connectivity index (χ2n) is 6.33. The number of rotatable bonds is 6. The van der Waals surface area contributed by atoms with Crippen LogP contribution in [0, 0.1) is 5.82 Å². The number of carbonyl (C=O) groups excluding carboxylic acids is 1. The number of halogens is 1. The summed E-state index contributed by atoms with van der Waals surface area (Å²) in [6.07, 6.45) is 0. The first-order chi connectivity index (χ1) is 13.6. The van der Waals surface area contributed by atoms with E-state index >= 15 is 0 Å². The molecule has 0 fully saturated rings. The van der Waals surface area contributed by atoms with E-state index in [1.54, 1.807) is 29.5 Å². The van der Waals surface area contributed by atoms with E-state index in [4.69, 9.17) is 4.74 Å². The van der Waals surface area contributed by atoms with Gasteiger partial charge in [0.25, 0.3) is 5.91 Å². The van der Waals surface area contributed by atoms with Crippen LogP contribution in [0.15, 0.2) is 66.0 Å². The van der Waals surface area contributed by atoms with Crippen molar-refractivity contribution in [1.82, 2.24) is 4.57 Å². The summed E-state index contributed by atoms with van der Waals surface area (Å²) >= 11 is 1.59. The van der Waals surface area contributed by atoms with Crippen LogP contribution in [0.2, 0.25) is 0 Å². The second-order valence-corrected chi connectivity index (χ2v) is 7.27. The van der Waals surface area contributed by atoms with E-state index in [1.807, 2.05) is 47.2 Å². The van der Waals surface area contributed by atoms with Gasteiger partial charge in [-0.15, -0.1) is 11.3 Å². The molecule has 0 spiro atoms. The quantitative estimate of drug-likeness (QED) is 0.466. The highest BCUT2D eigenvalue weighted by Crippen LogP contribution is 2.27. The molecule has 6 heteroatoms. The van der Waals surface area contributed by atoms with Gasteiger partial charge in [0.15, 0.2) is 0 Å². The summed E-state index contributed by atoms with van der Waals surface area (Å²) in [7, 11) is 0. The molecule has 4 nitrogen and oxygen atoms in total. The van der Waals surface area contributed by atoms with Crippen LogP contribution in [-0.4, -0.2) is 17.1 Å². The van der Waals surface area contributed by atoms with Gasteiger partial charge in [0.2, 0.25) is 0 Å². The summed E-state index contributed by atoms with van der Waals surface area (Å²) in [5.41, 5.74) is 3.15. The lowest BCUT2D eigenvalue weighted by molar-refractivity contribution is 0.101. The van der Waals surface area contributed by atoms with Gasteiger partial charge in [0.1, 0.15) is 17.3 Å². The van der Waals surface area contributed by atoms with Crippen LogP contribution in [0.5, 0.6) is 5.75 Å². The Morgan fingerprint density at radius 3 is 2.75 bits per heavy atom. The predicted octanol–water partition coefficient (Wildman–Crippen LogP) is 5.54. The van der Waals surface area contributed by atoms with Crippen molar-refractivity contribution in [3.8, 4) is 5.75 Å². The van der Waals surface area contributed by atoms with Gasteiger partial charge in [-0.2, -0.15) is 0 Å². The normalized spacial score (nSPS) is 10.9. The molecule has 0 aliphatic rings. The number of aromatic nitrogens is 1. The van der Waals surface area contributed by atoms with Crippen molar-refractivity contribution in [2.24, 2.45) is 0 Å². The Labute approximate surface area is 166 Å². The number of anilines is 1. The van der Waals surface area contributed by atoms with Crippen LogP contribution < -0.4 is 10.1 Å². The Kier molecular flexibility index (Phi) is 5.12. The monoisotopic (exact) mass is 394 g/mol. The summed E-state index contributed by atoms with van der Waals surface area (Å²) < 4.78 is 21.7. The van der Waals surface area contributed by atoms with Gasteiger partial charge in [-0.25, -0.2) is 4.39 Å². The van der Waals surface area contributed by atoms with Gasteiger partial charge in [-0.1, -0.05) is 18.2 Å². The molecular formula is C22H19FN2O2S. The summed E-state index contributed by atoms with van der Waals surface area (Å²) in [6.45, 7) is 2.97. The van der Waals surface area contributed by atoms with E-state index in [1.165, 1.54) is 12.1 Å². The molecule has 142 valence electrons. The Morgan fingerprint density at radius 2 is 1.96 bits per heavy atom. The van der Waals surface area contributed by atoms with Gasteiger partial charge in [-0.3, -0.25) is 4.79 Å². The van der Waals surface area contributed by atoms with Crippen molar-refractivity contribution in [3.63, 3.8) is 0 Å². The first-order valence-electron chi connectivity index (χ1n) is 8.99. The van der Waals surface area contributed by atoms with E-state index in [9.17, 15) is 9.18 Å². The van der Waals surface area contributed by atoms with E-state index < -0.39 is 0 Å². The van der Waals surface area contributed by atoms with E-state index in [-0.39, 0.29) is 11.7 Å². The van der Waals surface area contributed by atoms with Gasteiger partial charge >= 0.3 is 0 Å². The number of fused-ring (bicyclic) bond motifs is 1. The highest BCUT2D eigenvalue weighted by Gasteiger charge is 2.17. The molecular weight excluding hydrogens is 375 g/mol. The van der Waals surface area contributed by atoms with Gasteiger partial charge < -0.3 is 14.6 Å². The molecule has 1 amide bonds. The summed E-state index contributed by atoms with van der Waals surface area (Å²) in [5.74, 6) is 0.242. The van der Waals surface area contributed by atoms with Crippen LogP contribution in [0.4, 0.5) is 10.1 Å². The largest absolute Gasteiger partial charge is 0.494 e. The van der Waals surface area contributed by atoms with Crippen molar-refractivity contribution < 1.29 is 13.9 Å². The minimum Gasteiger partial charge on any atom is -0.494 e. The third-order valence-corrected chi connectivity index (χ3v) is 5.27. The number of nitrogens with one attached hydrogen (secondary N) is 1. The van der Waals surface area contributed by atoms with Gasteiger partial charge in [0, 0.05) is 18.3 Å². The van der Waals surface area contributed by atoms with Crippen LogP contribution in [0.3, 0.4) is 0 Å². The minimum atomic E-state index is -0.274. The van der Waals surface area contributed by atoms with Crippen LogP contribution in [-0.2, 0) is 6.54 Å². The lowest BCUT2D eigenvalue weighted by atomic mass is 10.2. The Bertz CT molecular complexity index is 1120. The zero-order valence-electron chi connectivity index (χ0n) is 15.3. The number of thiophene rings is 1. The molecule has 0 radical (unpaired) electrons. The molecule has 0 aliphatic carbocycles. The van der Waals surface area contributed by atoms with Crippen molar-refractivity contribution in [3.05, 3.63) is 83.1 Å². The Balaban J connectivity index is 1.64. The number of hydrogen-bond acceptors (Lipinski definition) is 3. The third kappa shape index (κ3) is 3.77. The van der Waals surface area contributed by atoms with E-state index in [0.29, 0.717) is 30.3 Å². The number of carbonyl (C=O) groups is 1. The predicted molar refractivity (Wildman–Crippen MR) is 111 cm³/mol. The molecule has 0 unspecified atom stereocenters. The van der Waals surface area contributed by atoms with E-state index in [0.717, 1.165) is 15.8 Å². The molecule has 0 saturated carbocycles. The van der Waals surface area contributed by atoms with Crippen LogP contribution in [0.1, 0.15) is 23.0 Å². The molecule has 0 aliphatic heterocycles. The Hall–Kier alpha value is -3.12. The van der Waals surface area contributed by atoms with Crippen molar-refractivity contribution in [1.29, 1.82) is 0 Å². The van der Waals surface area contributed by atoms with Crippen LogP contribution >= 0.6 is 11.3 Å². The number of ether oxygens (including phenoxy) is 1. The zero-order chi connectivity index (χ0) is 19.5. The topological polar surface area (TPSA) is 43.3 Å². The molecule has 4 rings (SSSR count). The van der Waals surface area contributed by atoms with Crippen LogP contribution in [0.25, 0.3) is 10.2 Å². The molecule has 1 N–H and O–H groups in total. The maximum absolute atomic E-state index is 13.2. The number of benzene rings is 2. The van der Waals surface area contributed by atoms with Crippen molar-refractivity contribution >= 4 is 33.1 Å². The van der Waals surface area contributed by atoms with Crippen molar-refractivity contribution in [2.75, 3.05) is 11.9 Å². The fourth-order valence-electron chi connectivity index (χ4n) is 3.13. The lowest BCUT2D eigenvalue weighted by Crippen LogP contribution is -2.17. The van der Waals surface area contributed by atoms with Crippen molar-refractivity contribution in [2.45, 2.75) is 13.5 Å². The molecule has 2 aromatic heterocycles. The number of hydrogen-bond donors (Lipinski definition) is 1. The first-order valence-corrected chi connectivity index (χ1v) is 9.87. The molecule has 0 atom stereocenters. The third-order valence-electron chi connectivity index (χ3n) is 4.41. The maximum atomic E-state index is 13.2. The van der Waals surface area contributed by atoms with Gasteiger partial charge in [-0.05, 0) is 54.3 Å². The first kappa shape index (κ1) is 18.3. The average molecular weight is 394 g/mol. The average Bonchev–Trinajstić information content (AvgIpc) is 3.27. The molecule has 28 heavy (non-hydrogen) atoms. The molecule has 2 aromatic carbocycles. The SMILES string of the molecule is CCOc1cccc(NC(=O)c2cc3sccc3n2Cc2ccc(F)cc2)c1. The smallest absolute Gasteiger partial charge is 0.272 e. The standard InChI is InChI=1S/C22H19FN2O2S/c1-2-27-18-5-3-4-17(12-18)24-22(26)20-13-21-19(10-11-28-21)25(20)14-15-6-8-16(23)9-7-15/h3-13H,2,14H2,1H3,(H,24,26). The fraction of sp³-hybridized carbons (Fsp3) is 0.136. The fourth-order valence-corrected chi connectivity index (χ4v) is 3.96. The zero-order valence-corrected chi connectivity index (χ0v) is 16.1. The van der Waals surface area contributed by atoms with E-state index in [2.05, 4.69) is 5.32 Å². The molecule has 2 heterocycles. The minimum absolute atomic E-state index is 0.195. The second kappa shape index (κ2) is 7.86. The molecule has 4 aromatic rings. The maximum Gasteiger partial charge on any atom is 0.272 e. The van der Waals surface area contributed by atoms with Gasteiger partial charge in [0.05, 0.1) is 16.8 Å².